The molecule has 0 bridgehead atoms. The van der Waals surface area contributed by atoms with Crippen LogP contribution in [0.15, 0.2) is 41.3 Å². The summed E-state index contributed by atoms with van der Waals surface area (Å²) >= 11 is 0. The summed E-state index contributed by atoms with van der Waals surface area (Å²) in [5.41, 5.74) is 7.55. The van der Waals surface area contributed by atoms with Crippen LogP contribution in [0.3, 0.4) is 0 Å². The minimum absolute atomic E-state index is 0.0881. The van der Waals surface area contributed by atoms with Crippen LogP contribution >= 0.6 is 0 Å². The minimum atomic E-state index is -0.384. The Hall–Kier alpha value is -3.62. The average molecular weight is 395 g/mol. The van der Waals surface area contributed by atoms with Gasteiger partial charge in [0.15, 0.2) is 5.96 Å². The minimum Gasteiger partial charge on any atom is -0.370 e. The highest BCUT2D eigenvalue weighted by molar-refractivity contribution is 5.94. The Morgan fingerprint density at radius 3 is 2.59 bits per heavy atom. The zero-order valence-corrected chi connectivity index (χ0v) is 16.5. The first-order chi connectivity index (χ1) is 13.8. The van der Waals surface area contributed by atoms with E-state index in [4.69, 9.17) is 11.1 Å². The highest BCUT2D eigenvalue weighted by Crippen LogP contribution is 2.19. The van der Waals surface area contributed by atoms with E-state index in [2.05, 4.69) is 34.4 Å². The molecule has 0 saturated heterocycles. The van der Waals surface area contributed by atoms with Gasteiger partial charge in [-0.2, -0.15) is 4.98 Å². The number of nitrogens with one attached hydrogen (secondary N) is 4. The molecule has 0 atom stereocenters. The lowest BCUT2D eigenvalue weighted by Gasteiger charge is -2.08. The van der Waals surface area contributed by atoms with E-state index in [1.165, 1.54) is 4.57 Å². The lowest BCUT2D eigenvalue weighted by Crippen LogP contribution is -2.33. The normalized spacial score (nSPS) is 11.0. The van der Waals surface area contributed by atoms with Gasteiger partial charge in [0, 0.05) is 35.9 Å². The summed E-state index contributed by atoms with van der Waals surface area (Å²) in [5.74, 6) is 0.0196. The number of hydrogen-bond acceptors (Lipinski definition) is 4. The quantitative estimate of drug-likeness (QED) is 0.234. The fourth-order valence-electron chi connectivity index (χ4n) is 2.90. The topological polar surface area (TPSA) is 142 Å². The Morgan fingerprint density at radius 1 is 1.24 bits per heavy atom. The number of hydrogen-bond donors (Lipinski definition) is 5. The van der Waals surface area contributed by atoms with Gasteiger partial charge in [-0.3, -0.25) is 14.8 Å². The third-order valence-electron chi connectivity index (χ3n) is 4.51. The van der Waals surface area contributed by atoms with E-state index in [1.807, 2.05) is 6.07 Å². The number of benzene rings is 1. The molecule has 0 radical (unpaired) electrons. The van der Waals surface area contributed by atoms with Crippen LogP contribution in [0.25, 0.3) is 16.7 Å². The molecule has 29 heavy (non-hydrogen) atoms. The van der Waals surface area contributed by atoms with Crippen molar-refractivity contribution in [3.05, 3.63) is 58.3 Å². The number of fused-ring (bicyclic) bond motifs is 1. The van der Waals surface area contributed by atoms with E-state index in [0.717, 1.165) is 11.1 Å². The lowest BCUT2D eigenvalue weighted by atomic mass is 10.1. The molecule has 6 N–H and O–H groups in total. The molecule has 0 aliphatic rings. The maximum absolute atomic E-state index is 12.4. The number of amides is 1. The molecule has 3 aromatic rings. The van der Waals surface area contributed by atoms with Crippen LogP contribution in [-0.4, -0.2) is 39.5 Å². The molecule has 2 aromatic heterocycles. The zero-order chi connectivity index (χ0) is 21.0. The zero-order valence-electron chi connectivity index (χ0n) is 16.5. The van der Waals surface area contributed by atoms with Crippen LogP contribution < -0.4 is 22.1 Å². The number of H-pyrrole nitrogens is 1. The third-order valence-corrected chi connectivity index (χ3v) is 4.51. The van der Waals surface area contributed by atoms with Crippen molar-refractivity contribution in [2.24, 2.45) is 5.73 Å². The van der Waals surface area contributed by atoms with Gasteiger partial charge in [0.05, 0.1) is 5.69 Å². The van der Waals surface area contributed by atoms with Gasteiger partial charge in [0.25, 0.3) is 5.91 Å². The van der Waals surface area contributed by atoms with Crippen molar-refractivity contribution in [3.63, 3.8) is 0 Å². The number of aromatic nitrogens is 3. The third kappa shape index (κ3) is 4.81. The monoisotopic (exact) mass is 395 g/mol. The van der Waals surface area contributed by atoms with Crippen LogP contribution in [-0.2, 0) is 0 Å². The number of carbonyl (C=O) groups is 1. The SMILES string of the molecule is CC(C)c1cc2cn(-c3ccc(C(=O)NCCCNC(=N)N)cc3)c(=O)nc2[nH]1. The number of aromatic amines is 1. The largest absolute Gasteiger partial charge is 0.370 e. The summed E-state index contributed by atoms with van der Waals surface area (Å²) in [6.07, 6.45) is 2.41. The summed E-state index contributed by atoms with van der Waals surface area (Å²) in [6.45, 7) is 5.12. The second-order valence-electron chi connectivity index (χ2n) is 7.07. The summed E-state index contributed by atoms with van der Waals surface area (Å²) in [6, 6.07) is 8.78. The van der Waals surface area contributed by atoms with E-state index in [1.54, 1.807) is 30.5 Å². The molecule has 0 aliphatic heterocycles. The second-order valence-corrected chi connectivity index (χ2v) is 7.07. The van der Waals surface area contributed by atoms with E-state index >= 15 is 0 Å². The number of nitrogens with zero attached hydrogens (tertiary/aromatic N) is 2. The molecule has 152 valence electrons. The van der Waals surface area contributed by atoms with Gasteiger partial charge in [0.2, 0.25) is 0 Å². The van der Waals surface area contributed by atoms with Crippen molar-refractivity contribution >= 4 is 22.9 Å². The predicted molar refractivity (Wildman–Crippen MR) is 113 cm³/mol. The summed E-state index contributed by atoms with van der Waals surface area (Å²) < 4.78 is 1.47. The van der Waals surface area contributed by atoms with Crippen molar-refractivity contribution in [1.82, 2.24) is 25.2 Å². The number of guanidine groups is 1. The number of nitrogens with two attached hydrogens (primary N) is 1. The lowest BCUT2D eigenvalue weighted by molar-refractivity contribution is 0.0953. The molecule has 1 amide bonds. The maximum Gasteiger partial charge on any atom is 0.354 e. The molecule has 0 spiro atoms. The highest BCUT2D eigenvalue weighted by atomic mass is 16.2. The van der Waals surface area contributed by atoms with Crippen molar-refractivity contribution in [3.8, 4) is 5.69 Å². The number of rotatable bonds is 7. The molecule has 9 nitrogen and oxygen atoms in total. The Morgan fingerprint density at radius 2 is 1.93 bits per heavy atom. The second kappa shape index (κ2) is 8.59. The van der Waals surface area contributed by atoms with Crippen LogP contribution in [0.2, 0.25) is 0 Å². The smallest absolute Gasteiger partial charge is 0.354 e. The molecule has 9 heteroatoms. The summed E-state index contributed by atoms with van der Waals surface area (Å²) in [5, 5.41) is 13.4. The standard InChI is InChI=1S/C20H25N7O2/c1-12(2)16-10-14-11-27(20(29)26-17(14)25-16)15-6-4-13(5-7-15)18(28)23-8-3-9-24-19(21)22/h4-7,10-12H,3,8-9H2,1-2H3,(H,23,28)(H4,21,22,24)(H,25,26,29). The summed E-state index contributed by atoms with van der Waals surface area (Å²) in [4.78, 5) is 31.9. The van der Waals surface area contributed by atoms with Gasteiger partial charge in [-0.05, 0) is 42.7 Å². The maximum atomic E-state index is 12.4. The van der Waals surface area contributed by atoms with Crippen molar-refractivity contribution in [2.45, 2.75) is 26.2 Å². The van der Waals surface area contributed by atoms with Crippen molar-refractivity contribution in [1.29, 1.82) is 5.41 Å². The van der Waals surface area contributed by atoms with Crippen LogP contribution in [0, 0.1) is 5.41 Å². The van der Waals surface area contributed by atoms with E-state index < -0.39 is 0 Å². The fraction of sp³-hybridized carbons (Fsp3) is 0.300. The molecule has 0 aliphatic carbocycles. The van der Waals surface area contributed by atoms with Gasteiger partial charge in [-0.15, -0.1) is 0 Å². The molecule has 0 unspecified atom stereocenters. The first-order valence-electron chi connectivity index (χ1n) is 9.44. The van der Waals surface area contributed by atoms with Crippen LogP contribution in [0.5, 0.6) is 0 Å². The predicted octanol–water partition coefficient (Wildman–Crippen LogP) is 1.44. The molecular formula is C20H25N7O2. The fourth-order valence-corrected chi connectivity index (χ4v) is 2.90. The van der Waals surface area contributed by atoms with E-state index in [0.29, 0.717) is 42.3 Å². The van der Waals surface area contributed by atoms with Gasteiger partial charge < -0.3 is 21.4 Å². The number of carbonyl (C=O) groups excluding carboxylic acids is 1. The van der Waals surface area contributed by atoms with Crippen molar-refractivity contribution in [2.75, 3.05) is 13.1 Å². The molecule has 0 saturated carbocycles. The molecule has 2 heterocycles. The highest BCUT2D eigenvalue weighted by Gasteiger charge is 2.10. The van der Waals surface area contributed by atoms with Crippen LogP contribution in [0.4, 0.5) is 0 Å². The van der Waals surface area contributed by atoms with Gasteiger partial charge in [-0.1, -0.05) is 13.8 Å². The van der Waals surface area contributed by atoms with E-state index in [-0.39, 0.29) is 17.6 Å². The van der Waals surface area contributed by atoms with Crippen LogP contribution in [0.1, 0.15) is 42.2 Å². The Kier molecular flexibility index (Phi) is 5.96. The van der Waals surface area contributed by atoms with E-state index in [9.17, 15) is 9.59 Å². The molecule has 0 fully saturated rings. The molecular weight excluding hydrogens is 370 g/mol. The Balaban J connectivity index is 1.71. The Bertz CT molecular complexity index is 1080. The summed E-state index contributed by atoms with van der Waals surface area (Å²) in [7, 11) is 0. The van der Waals surface area contributed by atoms with Gasteiger partial charge in [0.1, 0.15) is 5.65 Å². The average Bonchev–Trinajstić information content (AvgIpc) is 3.10. The molecule has 3 rings (SSSR count). The van der Waals surface area contributed by atoms with Crippen molar-refractivity contribution < 1.29 is 4.79 Å². The molecule has 1 aromatic carbocycles. The first-order valence-corrected chi connectivity index (χ1v) is 9.44. The Labute approximate surface area is 167 Å². The first kappa shape index (κ1) is 20.1. The van der Waals surface area contributed by atoms with Gasteiger partial charge in [-0.25, -0.2) is 4.79 Å². The van der Waals surface area contributed by atoms with Gasteiger partial charge >= 0.3 is 5.69 Å².